The molecule has 0 spiro atoms. The third kappa shape index (κ3) is 6.84. The predicted octanol–water partition coefficient (Wildman–Crippen LogP) is 16.1. The van der Waals surface area contributed by atoms with Crippen molar-refractivity contribution in [2.24, 2.45) is 34.5 Å². The number of halogens is 2. The standard InChI is InChI=1S/2C25H35.2ClH.Zr/c2*1-18-8-12-24(3,13-9-18)21-16-20-6-5-7-23(22(20)17-21)25(4)14-10-19(2)11-15-25;;;/h2*5-7,16-19H,8-15H2,1-4H3;2*1H;/q;;;;+2/p-2. The van der Waals surface area contributed by atoms with E-state index in [0.717, 1.165) is 23.7 Å². The van der Waals surface area contributed by atoms with Gasteiger partial charge in [0.25, 0.3) is 0 Å². The number of allylic oxidation sites excluding steroid dienone is 2. The van der Waals surface area contributed by atoms with Crippen LogP contribution in [0.1, 0.15) is 199 Å². The van der Waals surface area contributed by atoms with Crippen molar-refractivity contribution in [2.45, 2.75) is 176 Å². The molecule has 4 saturated carbocycles. The van der Waals surface area contributed by atoms with Gasteiger partial charge in [0.05, 0.1) is 0 Å². The average Bonchev–Trinajstić information content (AvgIpc) is 3.75. The van der Waals surface area contributed by atoms with E-state index in [4.69, 9.17) is 17.0 Å². The minimum absolute atomic E-state index is 0.141. The van der Waals surface area contributed by atoms with Crippen LogP contribution in [0.15, 0.2) is 47.5 Å². The second-order valence-electron chi connectivity index (χ2n) is 21.3. The zero-order valence-corrected chi connectivity index (χ0v) is 38.6. The second kappa shape index (κ2) is 14.3. The molecule has 0 N–H and O–H groups in total. The second-order valence-corrected chi connectivity index (χ2v) is 36.0. The molecule has 0 amide bonds. The van der Waals surface area contributed by atoms with Gasteiger partial charge in [0.2, 0.25) is 0 Å². The van der Waals surface area contributed by atoms with Crippen LogP contribution in [0.2, 0.25) is 0 Å². The van der Waals surface area contributed by atoms with Crippen molar-refractivity contribution in [3.05, 3.63) is 80.9 Å². The van der Waals surface area contributed by atoms with Gasteiger partial charge >= 0.3 is 339 Å². The quantitative estimate of drug-likeness (QED) is 0.272. The fraction of sp³-hybridized carbons (Fsp3) is 0.680. The summed E-state index contributed by atoms with van der Waals surface area (Å²) in [6.07, 6.45) is 25.9. The monoisotopic (exact) mass is 830 g/mol. The molecule has 0 aliphatic heterocycles. The van der Waals surface area contributed by atoms with Gasteiger partial charge in [-0.25, -0.2) is 0 Å². The molecule has 0 aromatic heterocycles. The fourth-order valence-corrected chi connectivity index (χ4v) is 26.5. The first kappa shape index (κ1) is 39.2. The molecule has 2 aromatic carbocycles. The van der Waals surface area contributed by atoms with Gasteiger partial charge in [-0.1, -0.05) is 0 Å². The van der Waals surface area contributed by atoms with Crippen LogP contribution in [0.5, 0.6) is 0 Å². The fourth-order valence-electron chi connectivity index (χ4n) is 12.7. The number of hydrogen-bond acceptors (Lipinski definition) is 0. The third-order valence-corrected chi connectivity index (χ3v) is 29.0. The molecular formula is C50H70Cl2Zr. The normalized spacial score (nSPS) is 40.3. The molecule has 2 aromatic rings. The Bertz CT molecular complexity index is 1620. The Morgan fingerprint density at radius 2 is 0.736 bits per heavy atom. The van der Waals surface area contributed by atoms with Crippen molar-refractivity contribution in [1.29, 1.82) is 0 Å². The zero-order chi connectivity index (χ0) is 37.6. The van der Waals surface area contributed by atoms with Crippen LogP contribution >= 0.6 is 17.0 Å². The summed E-state index contributed by atoms with van der Waals surface area (Å²) in [6, 6.07) is 14.7. The first-order valence-electron chi connectivity index (χ1n) is 22.2. The number of hydrogen-bond donors (Lipinski definition) is 0. The van der Waals surface area contributed by atoms with E-state index in [-0.39, 0.29) is 28.9 Å². The van der Waals surface area contributed by atoms with E-state index >= 15 is 0 Å². The maximum atomic E-state index is 8.87. The zero-order valence-electron chi connectivity index (χ0n) is 34.7. The Kier molecular flexibility index (Phi) is 10.6. The van der Waals surface area contributed by atoms with Crippen LogP contribution in [-0.4, -0.2) is 0 Å². The molecule has 53 heavy (non-hydrogen) atoms. The summed E-state index contributed by atoms with van der Waals surface area (Å²) in [7, 11) is 17.7. The van der Waals surface area contributed by atoms with Crippen LogP contribution in [-0.2, 0) is 28.7 Å². The van der Waals surface area contributed by atoms with E-state index in [1.807, 2.05) is 0 Å². The summed E-state index contributed by atoms with van der Waals surface area (Å²) in [5.41, 5.74) is 13.1. The topological polar surface area (TPSA) is 0 Å². The van der Waals surface area contributed by atoms with Gasteiger partial charge in [-0.3, -0.25) is 0 Å². The summed E-state index contributed by atoms with van der Waals surface area (Å²) in [6.45, 7) is 20.3. The van der Waals surface area contributed by atoms with Crippen molar-refractivity contribution < 1.29 is 17.9 Å². The van der Waals surface area contributed by atoms with Crippen molar-refractivity contribution in [1.82, 2.24) is 0 Å². The summed E-state index contributed by atoms with van der Waals surface area (Å²) < 4.78 is 0.345. The molecule has 2 atom stereocenters. The van der Waals surface area contributed by atoms with E-state index < -0.39 is 17.9 Å². The van der Waals surface area contributed by atoms with Crippen LogP contribution < -0.4 is 0 Å². The Hall–Kier alpha value is -0.617. The van der Waals surface area contributed by atoms with Crippen LogP contribution in [0, 0.1) is 34.5 Å². The van der Waals surface area contributed by atoms with E-state index in [1.54, 1.807) is 33.4 Å². The number of benzene rings is 2. The van der Waals surface area contributed by atoms with E-state index in [0.29, 0.717) is 0 Å². The Labute approximate surface area is 336 Å². The maximum absolute atomic E-state index is 8.87. The number of fused-ring (bicyclic) bond motifs is 2. The first-order chi connectivity index (χ1) is 25.1. The number of rotatable bonds is 6. The first-order valence-corrected chi connectivity index (χ1v) is 31.3. The van der Waals surface area contributed by atoms with Gasteiger partial charge in [-0.05, 0) is 0 Å². The molecule has 8 rings (SSSR count). The van der Waals surface area contributed by atoms with E-state index in [2.05, 4.69) is 104 Å². The van der Waals surface area contributed by atoms with Gasteiger partial charge in [-0.2, -0.15) is 0 Å². The van der Waals surface area contributed by atoms with Gasteiger partial charge in [-0.15, -0.1) is 0 Å². The van der Waals surface area contributed by atoms with Crippen LogP contribution in [0.25, 0.3) is 12.2 Å². The molecular weight excluding hydrogens is 763 g/mol. The van der Waals surface area contributed by atoms with E-state index in [1.165, 1.54) is 114 Å². The predicted molar refractivity (Wildman–Crippen MR) is 227 cm³/mol. The van der Waals surface area contributed by atoms with Gasteiger partial charge in [0.15, 0.2) is 0 Å². The molecule has 2 unspecified atom stereocenters. The van der Waals surface area contributed by atoms with Crippen LogP contribution in [0.4, 0.5) is 0 Å². The molecule has 288 valence electrons. The van der Waals surface area contributed by atoms with Crippen molar-refractivity contribution >= 4 is 29.2 Å². The minimum atomic E-state index is -4.37. The molecule has 0 bridgehead atoms. The van der Waals surface area contributed by atoms with Gasteiger partial charge in [0, 0.05) is 0 Å². The molecule has 0 saturated heterocycles. The Morgan fingerprint density at radius 3 is 1.04 bits per heavy atom. The van der Waals surface area contributed by atoms with Gasteiger partial charge < -0.3 is 0 Å². The van der Waals surface area contributed by atoms with Crippen LogP contribution in [0.3, 0.4) is 0 Å². The Balaban J connectivity index is 1.33. The molecule has 6 aliphatic rings. The summed E-state index contributed by atoms with van der Waals surface area (Å²) >= 11 is -4.37. The van der Waals surface area contributed by atoms with Crippen molar-refractivity contribution in [2.75, 3.05) is 0 Å². The molecule has 0 nitrogen and oxygen atoms in total. The molecule has 6 aliphatic carbocycles. The van der Waals surface area contributed by atoms with E-state index in [9.17, 15) is 0 Å². The third-order valence-electron chi connectivity index (χ3n) is 17.1. The summed E-state index contributed by atoms with van der Waals surface area (Å²) in [4.78, 5) is 0. The Morgan fingerprint density at radius 1 is 0.453 bits per heavy atom. The molecule has 3 heteroatoms. The summed E-state index contributed by atoms with van der Waals surface area (Å²) in [5.74, 6) is 3.24. The average molecular weight is 833 g/mol. The molecule has 4 fully saturated rings. The SMILES string of the molecule is CC1CCC(C)(C2=Cc3cccc(C4(C)CCC(C)CC4)c3[CH]2[Zr]([Cl])([Cl])[CH]2C(C3(C)CCC(C)CC3)=Cc3cccc(C4(C)CCC(C)CC4)c32)CC1. The molecule has 0 radical (unpaired) electrons. The van der Waals surface area contributed by atoms with Crippen molar-refractivity contribution in [3.8, 4) is 0 Å². The van der Waals surface area contributed by atoms with Gasteiger partial charge in [0.1, 0.15) is 0 Å². The summed E-state index contributed by atoms with van der Waals surface area (Å²) in [5, 5.41) is 0. The van der Waals surface area contributed by atoms with Crippen molar-refractivity contribution in [3.63, 3.8) is 0 Å². The molecule has 0 heterocycles.